The molecule has 14 rings (SSSR count). The smallest absolute Gasteiger partial charge is 0.726 e. The molecule has 0 aromatic rings. The average Bonchev–Trinajstić information content (AvgIpc) is 3.85. The van der Waals surface area contributed by atoms with E-state index in [1.807, 2.05) is 13.8 Å². The Kier molecular flexibility index (Phi) is 12.2. The normalized spacial score (nSPS) is 51.5. The Balaban J connectivity index is 0.00000547. The molecule has 0 radical (unpaired) electrons. The fraction of sp³-hybridized carbons (Fsp3) is 0.897. The Morgan fingerprint density at radius 2 is 1.49 bits per heavy atom. The second kappa shape index (κ2) is 16.4. The van der Waals surface area contributed by atoms with Crippen molar-refractivity contribution in [1.29, 1.82) is 0 Å². The molecule has 4 unspecified atom stereocenters. The van der Waals surface area contributed by atoms with Crippen molar-refractivity contribution in [2.45, 2.75) is 233 Å². The van der Waals surface area contributed by atoms with Crippen LogP contribution in [-0.4, -0.2) is 88.7 Å². The Morgan fingerprint density at radius 3 is 2.15 bits per heavy atom. The molecule has 4 saturated carbocycles. The van der Waals surface area contributed by atoms with E-state index in [4.69, 9.17) is 23.1 Å². The summed E-state index contributed by atoms with van der Waals surface area (Å²) < 4.78 is 70.3. The van der Waals surface area contributed by atoms with Gasteiger partial charge >= 0.3 is 29.6 Å². The predicted molar refractivity (Wildman–Crippen MR) is 263 cm³/mol. The molecule has 13 heteroatoms. The van der Waals surface area contributed by atoms with E-state index in [1.165, 1.54) is 35.1 Å². The van der Waals surface area contributed by atoms with Gasteiger partial charge in [0.05, 0.1) is 42.7 Å². The molecular formula is C58H87NaO11S. The molecule has 19 atom stereocenters. The number of rotatable bonds is 8. The van der Waals surface area contributed by atoms with E-state index in [1.54, 1.807) is 5.57 Å². The summed E-state index contributed by atoms with van der Waals surface area (Å²) in [5.74, 6) is -0.226. The van der Waals surface area contributed by atoms with Crippen molar-refractivity contribution < 1.29 is 81.0 Å². The molecule has 71 heavy (non-hydrogen) atoms. The van der Waals surface area contributed by atoms with Gasteiger partial charge in [-0.05, 0) is 176 Å². The van der Waals surface area contributed by atoms with Crippen molar-refractivity contribution in [1.82, 2.24) is 0 Å². The molecule has 6 aliphatic heterocycles. The maximum Gasteiger partial charge on any atom is 1.00 e. The first-order chi connectivity index (χ1) is 32.5. The summed E-state index contributed by atoms with van der Waals surface area (Å²) in [5, 5.41) is 34.7. The van der Waals surface area contributed by atoms with Crippen molar-refractivity contribution in [2.24, 2.45) is 79.8 Å². The number of hydrogen-bond acceptors (Lipinski definition) is 11. The number of hydrogen-bond donors (Lipinski definition) is 3. The monoisotopic (exact) mass is 1010 g/mol. The number of fused-ring (bicyclic) bond motifs is 10. The van der Waals surface area contributed by atoms with Gasteiger partial charge in [0.25, 0.3) is 0 Å². The summed E-state index contributed by atoms with van der Waals surface area (Å²) in [6, 6.07) is 0. The van der Waals surface area contributed by atoms with E-state index < -0.39 is 50.4 Å². The molecule has 6 bridgehead atoms. The summed E-state index contributed by atoms with van der Waals surface area (Å²) in [5.41, 5.74) is 4.51. The molecule has 2 spiro atoms. The van der Waals surface area contributed by atoms with Gasteiger partial charge in [-0.1, -0.05) is 89.3 Å². The van der Waals surface area contributed by atoms with Crippen LogP contribution in [0.3, 0.4) is 0 Å². The molecule has 14 aliphatic rings. The number of aliphatic hydroxyl groups is 3. The van der Waals surface area contributed by atoms with Crippen LogP contribution in [0.15, 0.2) is 33.9 Å². The van der Waals surface area contributed by atoms with Crippen molar-refractivity contribution in [3.63, 3.8) is 0 Å². The van der Waals surface area contributed by atoms with Gasteiger partial charge in [0.1, 0.15) is 6.10 Å². The van der Waals surface area contributed by atoms with Crippen molar-refractivity contribution in [3.8, 4) is 0 Å². The fourth-order valence-electron chi connectivity index (χ4n) is 21.4. The average molecular weight is 1020 g/mol. The van der Waals surface area contributed by atoms with Crippen LogP contribution in [0.25, 0.3) is 0 Å². The van der Waals surface area contributed by atoms with Crippen molar-refractivity contribution in [3.05, 3.63) is 33.9 Å². The van der Waals surface area contributed by atoms with E-state index >= 15 is 0 Å². The second-order valence-corrected chi connectivity index (χ2v) is 29.6. The van der Waals surface area contributed by atoms with Gasteiger partial charge in [0.2, 0.25) is 16.2 Å². The number of allylic oxidation sites excluding steroid dienone is 2. The van der Waals surface area contributed by atoms with E-state index in [0.29, 0.717) is 74.4 Å². The van der Waals surface area contributed by atoms with Crippen molar-refractivity contribution >= 4 is 10.4 Å². The first kappa shape index (κ1) is 52.8. The van der Waals surface area contributed by atoms with Crippen LogP contribution >= 0.6 is 0 Å². The third-order valence-corrected chi connectivity index (χ3v) is 25.4. The van der Waals surface area contributed by atoms with E-state index in [2.05, 4.69) is 68.4 Å². The first-order valence-corrected chi connectivity index (χ1v) is 29.4. The van der Waals surface area contributed by atoms with Gasteiger partial charge in [0.15, 0.2) is 5.79 Å². The maximum absolute atomic E-state index is 12.4. The Labute approximate surface area is 448 Å². The topological polar surface area (TPSA) is 164 Å². The Hall–Kier alpha value is -0.190. The zero-order valence-electron chi connectivity index (χ0n) is 45.5. The molecule has 8 aliphatic carbocycles. The van der Waals surface area contributed by atoms with Crippen LogP contribution in [0.2, 0.25) is 0 Å². The summed E-state index contributed by atoms with van der Waals surface area (Å²) >= 11 is 0. The molecule has 0 aromatic heterocycles. The van der Waals surface area contributed by atoms with Crippen LogP contribution in [0, 0.1) is 79.8 Å². The molecule has 6 heterocycles. The first-order valence-electron chi connectivity index (χ1n) is 28.1. The third kappa shape index (κ3) is 7.02. The van der Waals surface area contributed by atoms with Crippen LogP contribution in [0.1, 0.15) is 185 Å². The van der Waals surface area contributed by atoms with Crippen LogP contribution in [-0.2, 0) is 33.5 Å². The quantitative estimate of drug-likeness (QED) is 0.0973. The molecule has 0 amide bonds. The predicted octanol–water partition coefficient (Wildman–Crippen LogP) is 7.24. The van der Waals surface area contributed by atoms with Gasteiger partial charge < -0.3 is 38.8 Å². The molecular weight excluding hydrogens is 928 g/mol. The summed E-state index contributed by atoms with van der Waals surface area (Å²) in [6.07, 6.45) is 16.6. The zero-order chi connectivity index (χ0) is 50.0. The van der Waals surface area contributed by atoms with Crippen LogP contribution < -0.4 is 29.6 Å². The SMILES string of the molecule is CC([C@H]1CCC2C3=C(CC[C@@]21C)[C@]12CC[C@@](O)(OC1)C(C)(C)C2[C@@H](OS(=O)(=O)[O-])C3)[C@H]1C[C@@H]2C[C@@](C)(OC2(C)C)[C@H](CC[C@@H](C)[C@H]2CCC3C4=C(CC[C@@]32C)[C@@]23CO[C@](O)([C@@H](O)C2)C(C)(C)C3=CC4)O1.[Na+]. The molecule has 6 saturated heterocycles. The second-order valence-electron chi connectivity index (χ2n) is 28.6. The molecule has 11 nitrogen and oxygen atoms in total. The molecule has 3 N–H and O–H groups in total. The number of ether oxygens (including phenoxy) is 4. The summed E-state index contributed by atoms with van der Waals surface area (Å²) in [6.45, 7) is 25.9. The van der Waals surface area contributed by atoms with E-state index in [0.717, 1.165) is 70.6 Å². The van der Waals surface area contributed by atoms with Gasteiger partial charge in [-0.25, -0.2) is 8.42 Å². The standard InChI is InChI=1S/C58H88O11S.Na/c1-32(37-14-16-39-35-13-18-45-49(3,4)58(61)46(59)29-56(45,31-66-58)41(35)20-22-52(37,39)9)12-19-47-54(11)28-34(51(7,8)69-54)26-43(67-47)33(2)38-15-17-40-36-27-44(68-70(62,63)64)48-50(5,6)57(60)25-24-55(48,30-65-57)42(36)21-23-53(38,40)10;/h18,32-34,37-40,43-44,46-48,59-61H,12-17,19-31H2,1-11H3,(H,62,63,64);/q;+1/p-1/t32-,33?,34-,37-,38-,39?,40?,43-,44+,46+,47+,48?,52-,53-,54-,55+,56+,57-,58-;/m1./s1. The minimum absolute atomic E-state index is 0. The van der Waals surface area contributed by atoms with E-state index in [9.17, 15) is 28.3 Å². The summed E-state index contributed by atoms with van der Waals surface area (Å²) in [7, 11) is -4.99. The van der Waals surface area contributed by atoms with E-state index in [-0.39, 0.29) is 81.0 Å². The third-order valence-electron chi connectivity index (χ3n) is 24.9. The molecule has 10 fully saturated rings. The van der Waals surface area contributed by atoms with Crippen molar-refractivity contribution in [2.75, 3.05) is 13.2 Å². The molecule has 0 aromatic carbocycles. The zero-order valence-corrected chi connectivity index (χ0v) is 48.3. The van der Waals surface area contributed by atoms with Gasteiger partial charge in [-0.2, -0.15) is 0 Å². The van der Waals surface area contributed by atoms with Crippen LogP contribution in [0.5, 0.6) is 0 Å². The maximum atomic E-state index is 12.4. The minimum Gasteiger partial charge on any atom is -0.726 e. The largest absolute Gasteiger partial charge is 1.00 e. The molecule has 392 valence electrons. The van der Waals surface area contributed by atoms with Crippen LogP contribution in [0.4, 0.5) is 0 Å². The van der Waals surface area contributed by atoms with Gasteiger partial charge in [-0.3, -0.25) is 4.18 Å². The van der Waals surface area contributed by atoms with Gasteiger partial charge in [0, 0.05) is 34.0 Å². The minimum atomic E-state index is -4.99. The summed E-state index contributed by atoms with van der Waals surface area (Å²) in [4.78, 5) is 0. The Morgan fingerprint density at radius 1 is 0.831 bits per heavy atom. The Bertz CT molecular complexity index is 2420. The number of aliphatic hydroxyl groups excluding tert-OH is 1. The van der Waals surface area contributed by atoms with Gasteiger partial charge in [-0.15, -0.1) is 0 Å². The fourth-order valence-corrected chi connectivity index (χ4v) is 21.9.